The second-order valence-corrected chi connectivity index (χ2v) is 4.57. The molecule has 1 nitrogen and oxygen atoms in total. The molecule has 1 aromatic carbocycles. The van der Waals surface area contributed by atoms with Crippen molar-refractivity contribution in [2.45, 2.75) is 39.0 Å². The van der Waals surface area contributed by atoms with Gasteiger partial charge in [0.25, 0.3) is 0 Å². The molecular formula is C14H20FN. The number of hydrogen-bond donors (Lipinski definition) is 0. The molecule has 0 aromatic heterocycles. The molecule has 16 heavy (non-hydrogen) atoms. The zero-order chi connectivity index (χ0) is 11.4. The molecule has 1 fully saturated rings. The van der Waals surface area contributed by atoms with E-state index in [0.29, 0.717) is 0 Å². The fourth-order valence-electron chi connectivity index (χ4n) is 2.36. The molecule has 0 aliphatic carbocycles. The lowest BCUT2D eigenvalue weighted by Gasteiger charge is -2.29. The van der Waals surface area contributed by atoms with Crippen molar-refractivity contribution in [2.24, 2.45) is 0 Å². The maximum Gasteiger partial charge on any atom is 0.128 e. The lowest BCUT2D eigenvalue weighted by Crippen LogP contribution is -2.29. The second kappa shape index (κ2) is 5.33. The van der Waals surface area contributed by atoms with Gasteiger partial charge in [0.15, 0.2) is 0 Å². The Balaban J connectivity index is 2.13. The SMILES string of the molecule is CCCc1ccc(N2CCCCC2)cc1F. The van der Waals surface area contributed by atoms with Crippen LogP contribution in [0, 0.1) is 5.82 Å². The molecule has 1 saturated heterocycles. The maximum absolute atomic E-state index is 13.8. The standard InChI is InChI=1S/C14H20FN/c1-2-6-12-7-8-13(11-14(12)15)16-9-4-3-5-10-16/h7-8,11H,2-6,9-10H2,1H3. The van der Waals surface area contributed by atoms with E-state index in [1.807, 2.05) is 6.07 Å². The van der Waals surface area contributed by atoms with Crippen LogP contribution in [-0.4, -0.2) is 13.1 Å². The van der Waals surface area contributed by atoms with E-state index in [2.05, 4.69) is 17.9 Å². The first-order valence-corrected chi connectivity index (χ1v) is 6.34. The molecular weight excluding hydrogens is 201 g/mol. The van der Waals surface area contributed by atoms with Gasteiger partial charge < -0.3 is 4.90 Å². The van der Waals surface area contributed by atoms with Crippen LogP contribution in [0.4, 0.5) is 10.1 Å². The molecule has 88 valence electrons. The van der Waals surface area contributed by atoms with E-state index in [9.17, 15) is 4.39 Å². The highest BCUT2D eigenvalue weighted by atomic mass is 19.1. The molecule has 1 aromatic rings. The number of rotatable bonds is 3. The van der Waals surface area contributed by atoms with Crippen LogP contribution in [0.3, 0.4) is 0 Å². The number of nitrogens with zero attached hydrogens (tertiary/aromatic N) is 1. The van der Waals surface area contributed by atoms with Gasteiger partial charge >= 0.3 is 0 Å². The van der Waals surface area contributed by atoms with Crippen molar-refractivity contribution in [3.63, 3.8) is 0 Å². The van der Waals surface area contributed by atoms with Crippen molar-refractivity contribution in [3.8, 4) is 0 Å². The molecule has 1 heterocycles. The molecule has 0 radical (unpaired) electrons. The third-order valence-electron chi connectivity index (χ3n) is 3.28. The monoisotopic (exact) mass is 221 g/mol. The van der Waals surface area contributed by atoms with Gasteiger partial charge in [-0.2, -0.15) is 0 Å². The predicted octanol–water partition coefficient (Wildman–Crippen LogP) is 3.77. The summed E-state index contributed by atoms with van der Waals surface area (Å²) >= 11 is 0. The Labute approximate surface area is 97.3 Å². The summed E-state index contributed by atoms with van der Waals surface area (Å²) in [4.78, 5) is 2.29. The first-order valence-electron chi connectivity index (χ1n) is 6.34. The van der Waals surface area contributed by atoms with Gasteiger partial charge in [0.05, 0.1) is 0 Å². The normalized spacial score (nSPS) is 16.5. The van der Waals surface area contributed by atoms with Crippen LogP contribution in [0.5, 0.6) is 0 Å². The summed E-state index contributed by atoms with van der Waals surface area (Å²) in [6.45, 7) is 4.23. The van der Waals surface area contributed by atoms with Crippen LogP contribution in [0.25, 0.3) is 0 Å². The lowest BCUT2D eigenvalue weighted by molar-refractivity contribution is 0.572. The Morgan fingerprint density at radius 3 is 2.56 bits per heavy atom. The highest BCUT2D eigenvalue weighted by molar-refractivity contribution is 5.48. The Kier molecular flexibility index (Phi) is 3.81. The maximum atomic E-state index is 13.8. The van der Waals surface area contributed by atoms with Crippen molar-refractivity contribution >= 4 is 5.69 Å². The third kappa shape index (κ3) is 2.55. The minimum atomic E-state index is -0.0371. The molecule has 0 amide bonds. The molecule has 1 aliphatic rings. The van der Waals surface area contributed by atoms with Gasteiger partial charge in [-0.25, -0.2) is 4.39 Å². The van der Waals surface area contributed by atoms with E-state index in [-0.39, 0.29) is 5.82 Å². The van der Waals surface area contributed by atoms with E-state index in [4.69, 9.17) is 0 Å². The number of hydrogen-bond acceptors (Lipinski definition) is 1. The van der Waals surface area contributed by atoms with E-state index in [1.54, 1.807) is 6.07 Å². The third-order valence-corrected chi connectivity index (χ3v) is 3.28. The molecule has 1 aliphatic heterocycles. The second-order valence-electron chi connectivity index (χ2n) is 4.57. The van der Waals surface area contributed by atoms with Gasteiger partial charge in [-0.1, -0.05) is 19.4 Å². The van der Waals surface area contributed by atoms with Crippen LogP contribution in [0.1, 0.15) is 38.2 Å². The van der Waals surface area contributed by atoms with Gasteiger partial charge in [-0.05, 0) is 43.4 Å². The smallest absolute Gasteiger partial charge is 0.128 e. The number of aryl methyl sites for hydroxylation is 1. The summed E-state index contributed by atoms with van der Waals surface area (Å²) in [7, 11) is 0. The van der Waals surface area contributed by atoms with E-state index in [1.165, 1.54) is 19.3 Å². The lowest BCUT2D eigenvalue weighted by atomic mass is 10.1. The molecule has 0 unspecified atom stereocenters. The number of halogens is 1. The van der Waals surface area contributed by atoms with Crippen molar-refractivity contribution in [2.75, 3.05) is 18.0 Å². The average Bonchev–Trinajstić information content (AvgIpc) is 2.33. The fourth-order valence-corrected chi connectivity index (χ4v) is 2.36. The molecule has 2 heteroatoms. The largest absolute Gasteiger partial charge is 0.371 e. The molecule has 0 spiro atoms. The zero-order valence-corrected chi connectivity index (χ0v) is 10.0. The minimum Gasteiger partial charge on any atom is -0.371 e. The highest BCUT2D eigenvalue weighted by Gasteiger charge is 2.12. The summed E-state index contributed by atoms with van der Waals surface area (Å²) < 4.78 is 13.8. The first-order chi connectivity index (χ1) is 7.81. The van der Waals surface area contributed by atoms with Crippen molar-refractivity contribution in [1.82, 2.24) is 0 Å². The van der Waals surface area contributed by atoms with E-state index >= 15 is 0 Å². The number of benzene rings is 1. The Hall–Kier alpha value is -1.05. The molecule has 0 N–H and O–H groups in total. The summed E-state index contributed by atoms with van der Waals surface area (Å²) in [5, 5.41) is 0. The van der Waals surface area contributed by atoms with E-state index in [0.717, 1.165) is 37.2 Å². The number of anilines is 1. The Morgan fingerprint density at radius 2 is 1.94 bits per heavy atom. The molecule has 0 atom stereocenters. The van der Waals surface area contributed by atoms with Gasteiger partial charge in [-0.3, -0.25) is 0 Å². The topological polar surface area (TPSA) is 3.24 Å². The average molecular weight is 221 g/mol. The molecule has 0 bridgehead atoms. The van der Waals surface area contributed by atoms with Gasteiger partial charge in [0.1, 0.15) is 5.82 Å². The Morgan fingerprint density at radius 1 is 1.19 bits per heavy atom. The van der Waals surface area contributed by atoms with Crippen molar-refractivity contribution < 1.29 is 4.39 Å². The fraction of sp³-hybridized carbons (Fsp3) is 0.571. The van der Waals surface area contributed by atoms with E-state index < -0.39 is 0 Å². The van der Waals surface area contributed by atoms with Gasteiger partial charge in [0, 0.05) is 18.8 Å². The quantitative estimate of drug-likeness (QED) is 0.751. The minimum absolute atomic E-state index is 0.0371. The van der Waals surface area contributed by atoms with Crippen LogP contribution in [0.2, 0.25) is 0 Å². The van der Waals surface area contributed by atoms with Crippen molar-refractivity contribution in [3.05, 3.63) is 29.6 Å². The number of piperidine rings is 1. The Bertz CT molecular complexity index is 343. The predicted molar refractivity (Wildman–Crippen MR) is 66.5 cm³/mol. The van der Waals surface area contributed by atoms with Gasteiger partial charge in [-0.15, -0.1) is 0 Å². The van der Waals surface area contributed by atoms with Crippen LogP contribution < -0.4 is 4.90 Å². The summed E-state index contributed by atoms with van der Waals surface area (Å²) in [6.07, 6.45) is 5.62. The van der Waals surface area contributed by atoms with Gasteiger partial charge in [0.2, 0.25) is 0 Å². The van der Waals surface area contributed by atoms with Crippen LogP contribution in [0.15, 0.2) is 18.2 Å². The summed E-state index contributed by atoms with van der Waals surface area (Å²) in [6, 6.07) is 5.72. The van der Waals surface area contributed by atoms with Crippen molar-refractivity contribution in [1.29, 1.82) is 0 Å². The summed E-state index contributed by atoms with van der Waals surface area (Å²) in [5.41, 5.74) is 1.90. The highest BCUT2D eigenvalue weighted by Crippen LogP contribution is 2.22. The first kappa shape index (κ1) is 11.4. The zero-order valence-electron chi connectivity index (χ0n) is 10.0. The summed E-state index contributed by atoms with van der Waals surface area (Å²) in [5.74, 6) is -0.0371. The van der Waals surface area contributed by atoms with Crippen LogP contribution >= 0.6 is 0 Å². The molecule has 0 saturated carbocycles. The van der Waals surface area contributed by atoms with Crippen LogP contribution in [-0.2, 0) is 6.42 Å². The molecule has 2 rings (SSSR count).